The van der Waals surface area contributed by atoms with Crippen molar-refractivity contribution < 1.29 is 13.6 Å². The van der Waals surface area contributed by atoms with Crippen LogP contribution in [-0.4, -0.2) is 54.7 Å². The Hall–Kier alpha value is 0.180. The fraction of sp³-hybridized carbons (Fsp3) is 1.00. The molecule has 101 valence electrons. The van der Waals surface area contributed by atoms with Gasteiger partial charge in [-0.3, -0.25) is 4.90 Å². The zero-order chi connectivity index (χ0) is 13.6. The van der Waals surface area contributed by atoms with Gasteiger partial charge >= 0.3 is 0 Å². The first-order chi connectivity index (χ1) is 7.40. The molecule has 1 aliphatic rings. The number of hydrogen-bond donors (Lipinski definition) is 0. The molecular weight excluding hydrogens is 260 g/mol. The molecule has 0 aromatic heterocycles. The molecule has 0 spiro atoms. The van der Waals surface area contributed by atoms with Crippen molar-refractivity contribution in [2.75, 3.05) is 19.1 Å². The van der Waals surface area contributed by atoms with Crippen LogP contribution in [0.1, 0.15) is 27.7 Å². The van der Waals surface area contributed by atoms with Gasteiger partial charge in [0.25, 0.3) is 0 Å². The molecular formula is C10H21N2O3S2. The van der Waals surface area contributed by atoms with Crippen molar-refractivity contribution in [3.05, 3.63) is 0 Å². The van der Waals surface area contributed by atoms with Crippen LogP contribution in [0.2, 0.25) is 0 Å². The first-order valence-corrected chi connectivity index (χ1v) is 8.85. The molecule has 0 amide bonds. The van der Waals surface area contributed by atoms with Crippen molar-refractivity contribution in [2.24, 2.45) is 0 Å². The lowest BCUT2D eigenvalue weighted by molar-refractivity contribution is -0.257. The van der Waals surface area contributed by atoms with Crippen LogP contribution in [0.4, 0.5) is 0 Å². The molecule has 0 aromatic rings. The summed E-state index contributed by atoms with van der Waals surface area (Å²) in [7, 11) is -0.298. The molecule has 0 saturated carbocycles. The second-order valence-corrected chi connectivity index (χ2v) is 10.1. The Balaban J connectivity index is 2.92. The average Bonchev–Trinajstić information content (AvgIpc) is 2.23. The quantitative estimate of drug-likeness (QED) is 0.726. The highest BCUT2D eigenvalue weighted by molar-refractivity contribution is 8.71. The van der Waals surface area contributed by atoms with Gasteiger partial charge in [-0.15, -0.1) is 10.3 Å². The van der Waals surface area contributed by atoms with Crippen LogP contribution >= 0.6 is 10.8 Å². The monoisotopic (exact) mass is 281 g/mol. The number of hydrogen-bond acceptors (Lipinski definition) is 5. The molecule has 17 heavy (non-hydrogen) atoms. The Morgan fingerprint density at radius 3 is 2.00 bits per heavy atom. The normalized spacial score (nSPS) is 29.7. The first-order valence-electron chi connectivity index (χ1n) is 5.45. The SMILES string of the molecule is CN1C(CSS(C)(=O)=O)C(C)(C)N([O])C1(C)C. The summed E-state index contributed by atoms with van der Waals surface area (Å²) in [5.74, 6) is 0.407. The van der Waals surface area contributed by atoms with E-state index in [1.165, 1.54) is 6.26 Å². The van der Waals surface area contributed by atoms with E-state index < -0.39 is 20.1 Å². The van der Waals surface area contributed by atoms with E-state index in [0.717, 1.165) is 15.9 Å². The summed E-state index contributed by atoms with van der Waals surface area (Å²) in [6.07, 6.45) is 1.19. The zero-order valence-electron chi connectivity index (χ0n) is 11.2. The molecule has 1 atom stereocenters. The standard InChI is InChI=1S/C10H21N2O3S2/c1-9(2)8(7-16-17(6,14)15)11(5)10(3,4)12(9)13/h8H,7H2,1-6H3. The Labute approximate surface area is 107 Å². The maximum atomic E-state index is 12.2. The molecule has 1 saturated heterocycles. The van der Waals surface area contributed by atoms with Gasteiger partial charge in [0.15, 0.2) is 8.87 Å². The van der Waals surface area contributed by atoms with E-state index in [0.29, 0.717) is 5.75 Å². The van der Waals surface area contributed by atoms with Crippen LogP contribution in [-0.2, 0) is 14.1 Å². The topological polar surface area (TPSA) is 60.5 Å². The molecule has 7 heteroatoms. The fourth-order valence-electron chi connectivity index (χ4n) is 2.34. The molecule has 5 nitrogen and oxygen atoms in total. The maximum absolute atomic E-state index is 12.2. The fourth-order valence-corrected chi connectivity index (χ4v) is 4.48. The highest BCUT2D eigenvalue weighted by Crippen LogP contribution is 2.41. The predicted octanol–water partition coefficient (Wildman–Crippen LogP) is 1.16. The second-order valence-electron chi connectivity index (χ2n) is 5.56. The van der Waals surface area contributed by atoms with Crippen LogP contribution in [0.3, 0.4) is 0 Å². The van der Waals surface area contributed by atoms with E-state index in [4.69, 9.17) is 0 Å². The van der Waals surface area contributed by atoms with Gasteiger partial charge < -0.3 is 0 Å². The molecule has 0 aliphatic carbocycles. The van der Waals surface area contributed by atoms with Crippen molar-refractivity contribution in [2.45, 2.75) is 44.9 Å². The second kappa shape index (κ2) is 4.38. The van der Waals surface area contributed by atoms with Crippen LogP contribution < -0.4 is 0 Å². The smallest absolute Gasteiger partial charge is 0.198 e. The lowest BCUT2D eigenvalue weighted by atomic mass is 9.97. The minimum atomic E-state index is -3.07. The number of hydroxylamine groups is 2. The van der Waals surface area contributed by atoms with E-state index >= 15 is 0 Å². The van der Waals surface area contributed by atoms with E-state index in [9.17, 15) is 13.6 Å². The molecule has 1 aliphatic heterocycles. The summed E-state index contributed by atoms with van der Waals surface area (Å²) < 4.78 is 22.4. The number of rotatable bonds is 3. The summed E-state index contributed by atoms with van der Waals surface area (Å²) in [5.41, 5.74) is -1.19. The van der Waals surface area contributed by atoms with Crippen molar-refractivity contribution in [1.29, 1.82) is 0 Å². The third kappa shape index (κ3) is 2.78. The van der Waals surface area contributed by atoms with Crippen LogP contribution in [0.15, 0.2) is 0 Å². The van der Waals surface area contributed by atoms with Crippen molar-refractivity contribution in [3.63, 3.8) is 0 Å². The van der Waals surface area contributed by atoms with E-state index in [2.05, 4.69) is 0 Å². The van der Waals surface area contributed by atoms with Crippen molar-refractivity contribution in [1.82, 2.24) is 9.96 Å². The third-order valence-corrected chi connectivity index (χ3v) is 6.18. The largest absolute Gasteiger partial charge is 0.281 e. The van der Waals surface area contributed by atoms with Crippen LogP contribution in [0.25, 0.3) is 0 Å². The van der Waals surface area contributed by atoms with Gasteiger partial charge in [-0.25, -0.2) is 8.42 Å². The maximum Gasteiger partial charge on any atom is 0.198 e. The van der Waals surface area contributed by atoms with Gasteiger partial charge in [0.1, 0.15) is 0 Å². The molecule has 1 fully saturated rings. The van der Waals surface area contributed by atoms with Crippen LogP contribution in [0.5, 0.6) is 0 Å². The van der Waals surface area contributed by atoms with Gasteiger partial charge in [-0.05, 0) is 45.5 Å². The first kappa shape index (κ1) is 15.2. The number of nitrogens with zero attached hydrogens (tertiary/aromatic N) is 2. The molecule has 0 N–H and O–H groups in total. The Bertz CT molecular complexity index is 392. The van der Waals surface area contributed by atoms with Gasteiger partial charge in [-0.1, -0.05) is 0 Å². The minimum absolute atomic E-state index is 0.0882. The van der Waals surface area contributed by atoms with E-state index in [1.54, 1.807) is 0 Å². The molecule has 1 radical (unpaired) electrons. The predicted molar refractivity (Wildman–Crippen MR) is 69.5 cm³/mol. The van der Waals surface area contributed by atoms with Gasteiger partial charge in [0.05, 0.1) is 11.2 Å². The van der Waals surface area contributed by atoms with Gasteiger partial charge in [0.2, 0.25) is 0 Å². The molecule has 1 heterocycles. The molecule has 0 bridgehead atoms. The van der Waals surface area contributed by atoms with Crippen molar-refractivity contribution in [3.8, 4) is 0 Å². The summed E-state index contributed by atoms with van der Waals surface area (Å²) in [6.45, 7) is 7.43. The molecule has 0 aromatic carbocycles. The highest BCUT2D eigenvalue weighted by atomic mass is 33.1. The van der Waals surface area contributed by atoms with Crippen molar-refractivity contribution >= 4 is 19.7 Å². The number of likely N-dealkylation sites (N-methyl/N-ethyl adjacent to an activating group) is 1. The molecule has 1 unspecified atom stereocenters. The molecule has 1 rings (SSSR count). The summed E-state index contributed by atoms with van der Waals surface area (Å²) in [5, 5.41) is 13.3. The van der Waals surface area contributed by atoms with Gasteiger partial charge in [0, 0.05) is 18.1 Å². The Kier molecular flexibility index (Phi) is 3.92. The third-order valence-electron chi connectivity index (χ3n) is 3.61. The zero-order valence-corrected chi connectivity index (χ0v) is 12.9. The van der Waals surface area contributed by atoms with Crippen LogP contribution in [0, 0.1) is 0 Å². The van der Waals surface area contributed by atoms with Gasteiger partial charge in [-0.2, -0.15) is 0 Å². The van der Waals surface area contributed by atoms with E-state index in [-0.39, 0.29) is 6.04 Å². The lowest BCUT2D eigenvalue weighted by Gasteiger charge is -2.32. The lowest BCUT2D eigenvalue weighted by Crippen LogP contribution is -2.48. The van der Waals surface area contributed by atoms with E-state index in [1.807, 2.05) is 39.6 Å². The minimum Gasteiger partial charge on any atom is -0.281 e. The highest BCUT2D eigenvalue weighted by Gasteiger charge is 2.56. The Morgan fingerprint density at radius 2 is 1.71 bits per heavy atom. The average molecular weight is 281 g/mol. The Morgan fingerprint density at radius 1 is 1.24 bits per heavy atom. The summed E-state index contributed by atoms with van der Waals surface area (Å²) in [6, 6.07) is -0.0882. The summed E-state index contributed by atoms with van der Waals surface area (Å²) >= 11 is 0. The summed E-state index contributed by atoms with van der Waals surface area (Å²) in [4.78, 5) is 1.96.